The van der Waals surface area contributed by atoms with Gasteiger partial charge in [-0.2, -0.15) is 4.98 Å². The van der Waals surface area contributed by atoms with Gasteiger partial charge in [0.05, 0.1) is 5.39 Å². The van der Waals surface area contributed by atoms with Gasteiger partial charge in [0.25, 0.3) is 5.56 Å². The molecular formula is C21H17FN4O. The molecule has 0 saturated heterocycles. The van der Waals surface area contributed by atoms with Crippen LogP contribution in [0.5, 0.6) is 0 Å². The van der Waals surface area contributed by atoms with Crippen LogP contribution in [0.15, 0.2) is 59.5 Å². The van der Waals surface area contributed by atoms with Crippen molar-refractivity contribution in [2.75, 3.05) is 5.32 Å². The highest BCUT2D eigenvalue weighted by Crippen LogP contribution is 2.25. The fourth-order valence-corrected chi connectivity index (χ4v) is 3.07. The first kappa shape index (κ1) is 16.9. The molecule has 0 aliphatic rings. The monoisotopic (exact) mass is 360 g/mol. The number of benzene rings is 2. The number of hydrogen-bond donors (Lipinski definition) is 2. The summed E-state index contributed by atoms with van der Waals surface area (Å²) in [6.07, 6.45) is 1.59. The third-order valence-electron chi connectivity index (χ3n) is 4.40. The highest BCUT2D eigenvalue weighted by Gasteiger charge is 2.12. The van der Waals surface area contributed by atoms with E-state index in [0.717, 1.165) is 22.4 Å². The second-order valence-electron chi connectivity index (χ2n) is 6.42. The molecule has 0 fully saturated rings. The Labute approximate surface area is 154 Å². The summed E-state index contributed by atoms with van der Waals surface area (Å²) in [5.74, 6) is -0.00712. The highest BCUT2D eigenvalue weighted by molar-refractivity contribution is 5.92. The van der Waals surface area contributed by atoms with Crippen LogP contribution in [-0.2, 0) is 0 Å². The van der Waals surface area contributed by atoms with Gasteiger partial charge in [0.15, 0.2) is 5.65 Å². The lowest BCUT2D eigenvalue weighted by Crippen LogP contribution is -2.13. The summed E-state index contributed by atoms with van der Waals surface area (Å²) in [5, 5.41) is 3.51. The van der Waals surface area contributed by atoms with E-state index >= 15 is 0 Å². The largest absolute Gasteiger partial charge is 0.325 e. The highest BCUT2D eigenvalue weighted by atomic mass is 19.1. The zero-order valence-corrected chi connectivity index (χ0v) is 14.9. The topological polar surface area (TPSA) is 70.7 Å². The number of rotatable bonds is 3. The molecule has 2 aromatic carbocycles. The number of halogens is 1. The third kappa shape index (κ3) is 3.29. The van der Waals surface area contributed by atoms with Crippen molar-refractivity contribution >= 4 is 22.7 Å². The van der Waals surface area contributed by atoms with Crippen LogP contribution in [-0.4, -0.2) is 15.0 Å². The van der Waals surface area contributed by atoms with E-state index in [1.807, 2.05) is 32.0 Å². The molecule has 0 amide bonds. The number of nitrogens with zero attached hydrogens (tertiary/aromatic N) is 2. The molecule has 0 unspecified atom stereocenters. The predicted octanol–water partition coefficient (Wildman–Crippen LogP) is 4.48. The Morgan fingerprint density at radius 1 is 1.04 bits per heavy atom. The maximum atomic E-state index is 13.2. The van der Waals surface area contributed by atoms with Gasteiger partial charge < -0.3 is 5.32 Å². The molecule has 6 heteroatoms. The van der Waals surface area contributed by atoms with E-state index in [1.54, 1.807) is 24.4 Å². The molecule has 5 nitrogen and oxygen atoms in total. The van der Waals surface area contributed by atoms with Crippen molar-refractivity contribution in [3.63, 3.8) is 0 Å². The van der Waals surface area contributed by atoms with Crippen LogP contribution in [0.3, 0.4) is 0 Å². The van der Waals surface area contributed by atoms with Gasteiger partial charge in [-0.25, -0.2) is 9.37 Å². The van der Waals surface area contributed by atoms with Crippen molar-refractivity contribution in [2.24, 2.45) is 0 Å². The van der Waals surface area contributed by atoms with Crippen molar-refractivity contribution in [1.29, 1.82) is 0 Å². The molecule has 2 heterocycles. The quantitative estimate of drug-likeness (QED) is 0.565. The van der Waals surface area contributed by atoms with E-state index < -0.39 is 0 Å². The fraction of sp³-hybridized carbons (Fsp3) is 0.0952. The van der Waals surface area contributed by atoms with Gasteiger partial charge in [-0.3, -0.25) is 9.78 Å². The van der Waals surface area contributed by atoms with E-state index in [0.29, 0.717) is 22.5 Å². The lowest BCUT2D eigenvalue weighted by Gasteiger charge is -2.11. The normalized spacial score (nSPS) is 10.9. The van der Waals surface area contributed by atoms with E-state index in [9.17, 15) is 9.18 Å². The first-order valence-corrected chi connectivity index (χ1v) is 8.50. The zero-order valence-electron chi connectivity index (χ0n) is 14.9. The Hall–Kier alpha value is -3.54. The van der Waals surface area contributed by atoms with Gasteiger partial charge in [-0.1, -0.05) is 29.8 Å². The molecule has 0 aliphatic carbocycles. The summed E-state index contributed by atoms with van der Waals surface area (Å²) in [4.78, 5) is 24.2. The third-order valence-corrected chi connectivity index (χ3v) is 4.40. The Bertz CT molecular complexity index is 1200. The average molecular weight is 360 g/mol. The SMILES string of the molecule is Cc1ccc(Nc2nc3nccc(-c4ccc(F)cc4)c3c(=O)[nH]2)c(C)c1. The molecule has 2 aromatic heterocycles. The molecule has 0 aliphatic heterocycles. The minimum Gasteiger partial charge on any atom is -0.325 e. The molecule has 0 atom stereocenters. The number of H-pyrrole nitrogens is 1. The Kier molecular flexibility index (Phi) is 4.16. The molecule has 0 bridgehead atoms. The average Bonchev–Trinajstić information content (AvgIpc) is 2.64. The van der Waals surface area contributed by atoms with E-state index in [2.05, 4.69) is 20.3 Å². The first-order chi connectivity index (χ1) is 13.0. The summed E-state index contributed by atoms with van der Waals surface area (Å²) in [5.41, 5.74) is 4.47. The summed E-state index contributed by atoms with van der Waals surface area (Å²) >= 11 is 0. The number of hydrogen-bond acceptors (Lipinski definition) is 4. The number of pyridine rings is 1. The van der Waals surface area contributed by atoms with Crippen molar-refractivity contribution in [3.8, 4) is 11.1 Å². The number of anilines is 2. The van der Waals surface area contributed by atoms with Crippen molar-refractivity contribution in [3.05, 3.63) is 82.0 Å². The summed E-state index contributed by atoms with van der Waals surface area (Å²) in [7, 11) is 0. The minimum absolute atomic E-state index is 0.306. The van der Waals surface area contributed by atoms with Crippen molar-refractivity contribution < 1.29 is 4.39 Å². The number of aromatic nitrogens is 3. The zero-order chi connectivity index (χ0) is 19.0. The summed E-state index contributed by atoms with van der Waals surface area (Å²) in [6.45, 7) is 4.01. The van der Waals surface area contributed by atoms with Gasteiger partial charge >= 0.3 is 0 Å². The molecule has 4 aromatic rings. The lowest BCUT2D eigenvalue weighted by molar-refractivity contribution is 0.628. The predicted molar refractivity (Wildman–Crippen MR) is 105 cm³/mol. The van der Waals surface area contributed by atoms with Crippen molar-refractivity contribution in [2.45, 2.75) is 13.8 Å². The maximum absolute atomic E-state index is 13.2. The summed E-state index contributed by atoms with van der Waals surface area (Å²) < 4.78 is 13.2. The Balaban J connectivity index is 1.81. The van der Waals surface area contributed by atoms with Crippen LogP contribution in [0.1, 0.15) is 11.1 Å². The summed E-state index contributed by atoms with van der Waals surface area (Å²) in [6, 6.07) is 13.7. The van der Waals surface area contributed by atoms with E-state index in [-0.39, 0.29) is 11.4 Å². The molecule has 0 spiro atoms. The van der Waals surface area contributed by atoms with E-state index in [1.165, 1.54) is 12.1 Å². The van der Waals surface area contributed by atoms with E-state index in [4.69, 9.17) is 0 Å². The number of fused-ring (bicyclic) bond motifs is 1. The molecule has 4 rings (SSSR count). The van der Waals surface area contributed by atoms with Crippen molar-refractivity contribution in [1.82, 2.24) is 15.0 Å². The molecule has 27 heavy (non-hydrogen) atoms. The van der Waals surface area contributed by atoms with Crippen LogP contribution in [0.2, 0.25) is 0 Å². The van der Waals surface area contributed by atoms with Gasteiger partial charge in [-0.05, 0) is 54.8 Å². The number of nitrogens with one attached hydrogen (secondary N) is 2. The van der Waals surface area contributed by atoms with Crippen LogP contribution in [0.4, 0.5) is 16.0 Å². The Morgan fingerprint density at radius 2 is 1.81 bits per heavy atom. The fourth-order valence-electron chi connectivity index (χ4n) is 3.07. The van der Waals surface area contributed by atoms with Gasteiger partial charge in [-0.15, -0.1) is 0 Å². The maximum Gasteiger partial charge on any atom is 0.262 e. The number of aromatic amines is 1. The van der Waals surface area contributed by atoms with Crippen LogP contribution in [0, 0.1) is 19.7 Å². The second-order valence-corrected chi connectivity index (χ2v) is 6.42. The first-order valence-electron chi connectivity index (χ1n) is 8.50. The Morgan fingerprint density at radius 3 is 2.56 bits per heavy atom. The molecule has 0 radical (unpaired) electrons. The second kappa shape index (κ2) is 6.64. The van der Waals surface area contributed by atoms with Gasteiger partial charge in [0, 0.05) is 11.9 Å². The molecule has 134 valence electrons. The minimum atomic E-state index is -0.330. The molecular weight excluding hydrogens is 343 g/mol. The lowest BCUT2D eigenvalue weighted by atomic mass is 10.0. The van der Waals surface area contributed by atoms with Crippen LogP contribution >= 0.6 is 0 Å². The number of aryl methyl sites for hydroxylation is 2. The standard InChI is InChI=1S/C21H17FN4O/c1-12-3-8-17(13(2)11-12)24-21-25-19-18(20(27)26-21)16(9-10-23-19)14-4-6-15(22)7-5-14/h3-11H,1-2H3,(H2,23,24,25,26,27). The molecule has 2 N–H and O–H groups in total. The van der Waals surface area contributed by atoms with Gasteiger partial charge in [0.1, 0.15) is 5.82 Å². The van der Waals surface area contributed by atoms with Gasteiger partial charge in [0.2, 0.25) is 5.95 Å². The smallest absolute Gasteiger partial charge is 0.262 e. The van der Waals surface area contributed by atoms with Crippen LogP contribution in [0.25, 0.3) is 22.2 Å². The molecule has 0 saturated carbocycles. The van der Waals surface area contributed by atoms with Crippen LogP contribution < -0.4 is 10.9 Å².